The topological polar surface area (TPSA) is 70.8 Å². The van der Waals surface area contributed by atoms with Crippen LogP contribution in [0, 0.1) is 6.92 Å². The second kappa shape index (κ2) is 8.63. The molecule has 5 nitrogen and oxygen atoms in total. The SMILES string of the molecule is Cc1cccc(OCC(N)OCCOCC=O)c1. The summed E-state index contributed by atoms with van der Waals surface area (Å²) >= 11 is 0. The third-order valence-electron chi connectivity index (χ3n) is 2.15. The third-order valence-corrected chi connectivity index (χ3v) is 2.15. The molecule has 0 aliphatic carbocycles. The van der Waals surface area contributed by atoms with Crippen LogP contribution >= 0.6 is 0 Å². The summed E-state index contributed by atoms with van der Waals surface area (Å²) in [6.45, 7) is 3.03. The average Bonchev–Trinajstić information content (AvgIpc) is 2.36. The molecule has 0 amide bonds. The summed E-state index contributed by atoms with van der Waals surface area (Å²) in [5, 5.41) is 0. The molecule has 1 aromatic rings. The molecule has 0 aliphatic rings. The molecule has 0 aromatic heterocycles. The van der Waals surface area contributed by atoms with E-state index in [4.69, 9.17) is 19.9 Å². The maximum atomic E-state index is 9.98. The summed E-state index contributed by atoms with van der Waals surface area (Å²) in [4.78, 5) is 9.98. The van der Waals surface area contributed by atoms with Crippen molar-refractivity contribution in [2.45, 2.75) is 13.2 Å². The van der Waals surface area contributed by atoms with Crippen LogP contribution < -0.4 is 10.5 Å². The highest BCUT2D eigenvalue weighted by molar-refractivity contribution is 5.50. The van der Waals surface area contributed by atoms with Crippen molar-refractivity contribution in [3.63, 3.8) is 0 Å². The van der Waals surface area contributed by atoms with Gasteiger partial charge in [-0.25, -0.2) is 0 Å². The molecule has 0 spiro atoms. The van der Waals surface area contributed by atoms with Gasteiger partial charge >= 0.3 is 0 Å². The number of hydrogen-bond donors (Lipinski definition) is 1. The molecule has 100 valence electrons. The monoisotopic (exact) mass is 253 g/mol. The highest BCUT2D eigenvalue weighted by Crippen LogP contribution is 2.12. The van der Waals surface area contributed by atoms with Crippen LogP contribution in [-0.2, 0) is 14.3 Å². The van der Waals surface area contributed by atoms with Crippen molar-refractivity contribution in [1.82, 2.24) is 0 Å². The van der Waals surface area contributed by atoms with Gasteiger partial charge in [0.05, 0.1) is 13.2 Å². The van der Waals surface area contributed by atoms with Crippen LogP contribution in [0.2, 0.25) is 0 Å². The Hall–Kier alpha value is -1.43. The van der Waals surface area contributed by atoms with Crippen molar-refractivity contribution in [3.8, 4) is 5.75 Å². The van der Waals surface area contributed by atoms with Crippen molar-refractivity contribution in [2.75, 3.05) is 26.4 Å². The van der Waals surface area contributed by atoms with Crippen molar-refractivity contribution in [2.24, 2.45) is 5.73 Å². The Morgan fingerprint density at radius 2 is 2.22 bits per heavy atom. The summed E-state index contributed by atoms with van der Waals surface area (Å²) < 4.78 is 15.7. The lowest BCUT2D eigenvalue weighted by Crippen LogP contribution is -2.32. The lowest BCUT2D eigenvalue weighted by molar-refractivity contribution is -0.112. The van der Waals surface area contributed by atoms with Crippen LogP contribution in [0.3, 0.4) is 0 Å². The molecule has 0 fully saturated rings. The summed E-state index contributed by atoms with van der Waals surface area (Å²) in [5.74, 6) is 0.770. The first-order chi connectivity index (χ1) is 8.72. The van der Waals surface area contributed by atoms with Crippen LogP contribution in [0.15, 0.2) is 24.3 Å². The molecule has 1 aromatic carbocycles. The standard InChI is InChI=1S/C13H19NO4/c1-11-3-2-4-12(9-11)18-10-13(14)17-8-7-16-6-5-15/h2-5,9,13H,6-8,10,14H2,1H3. The minimum absolute atomic E-state index is 0.0817. The molecule has 0 bridgehead atoms. The smallest absolute Gasteiger partial charge is 0.145 e. The Morgan fingerprint density at radius 1 is 1.39 bits per heavy atom. The quantitative estimate of drug-likeness (QED) is 0.402. The molecule has 1 rings (SSSR count). The van der Waals surface area contributed by atoms with E-state index in [1.807, 2.05) is 31.2 Å². The summed E-state index contributed by atoms with van der Waals surface area (Å²) in [7, 11) is 0. The molecule has 0 heterocycles. The Morgan fingerprint density at radius 3 is 2.94 bits per heavy atom. The van der Waals surface area contributed by atoms with Gasteiger partial charge in [-0.15, -0.1) is 0 Å². The van der Waals surface area contributed by atoms with E-state index in [0.717, 1.165) is 11.3 Å². The minimum Gasteiger partial charge on any atom is -0.489 e. The van der Waals surface area contributed by atoms with Gasteiger partial charge in [-0.3, -0.25) is 0 Å². The second-order valence-electron chi connectivity index (χ2n) is 3.78. The second-order valence-corrected chi connectivity index (χ2v) is 3.78. The summed E-state index contributed by atoms with van der Waals surface area (Å²) in [5.41, 5.74) is 6.83. The zero-order valence-corrected chi connectivity index (χ0v) is 10.5. The fourth-order valence-electron chi connectivity index (χ4n) is 1.32. The first kappa shape index (κ1) is 14.6. The third kappa shape index (κ3) is 6.34. The van der Waals surface area contributed by atoms with E-state index in [9.17, 15) is 4.79 Å². The molecular weight excluding hydrogens is 234 g/mol. The average molecular weight is 253 g/mol. The molecule has 0 saturated carbocycles. The number of aldehydes is 1. The van der Waals surface area contributed by atoms with Gasteiger partial charge in [0.15, 0.2) is 0 Å². The molecule has 1 atom stereocenters. The van der Waals surface area contributed by atoms with Gasteiger partial charge in [-0.2, -0.15) is 0 Å². The molecule has 0 saturated heterocycles. The number of aryl methyl sites for hydroxylation is 1. The van der Waals surface area contributed by atoms with E-state index in [0.29, 0.717) is 19.5 Å². The number of rotatable bonds is 9. The van der Waals surface area contributed by atoms with Crippen molar-refractivity contribution in [1.29, 1.82) is 0 Å². The Bertz CT molecular complexity index is 357. The molecule has 1 unspecified atom stereocenters. The van der Waals surface area contributed by atoms with Crippen molar-refractivity contribution in [3.05, 3.63) is 29.8 Å². The predicted molar refractivity (Wildman–Crippen MR) is 67.5 cm³/mol. The Balaban J connectivity index is 2.13. The van der Waals surface area contributed by atoms with Gasteiger partial charge in [-0.1, -0.05) is 12.1 Å². The highest BCUT2D eigenvalue weighted by atomic mass is 16.6. The number of carbonyl (C=O) groups is 1. The fourth-order valence-corrected chi connectivity index (χ4v) is 1.32. The largest absolute Gasteiger partial charge is 0.489 e. The van der Waals surface area contributed by atoms with Crippen LogP contribution in [0.5, 0.6) is 5.75 Å². The van der Waals surface area contributed by atoms with Gasteiger partial charge in [0.25, 0.3) is 0 Å². The van der Waals surface area contributed by atoms with E-state index >= 15 is 0 Å². The molecule has 2 N–H and O–H groups in total. The zero-order chi connectivity index (χ0) is 13.2. The molecular formula is C13H19NO4. The van der Waals surface area contributed by atoms with Gasteiger partial charge in [0, 0.05) is 0 Å². The maximum absolute atomic E-state index is 9.98. The lowest BCUT2D eigenvalue weighted by atomic mass is 10.2. The first-order valence-electron chi connectivity index (χ1n) is 5.80. The maximum Gasteiger partial charge on any atom is 0.145 e. The first-order valence-corrected chi connectivity index (χ1v) is 5.80. The van der Waals surface area contributed by atoms with E-state index in [-0.39, 0.29) is 13.2 Å². The van der Waals surface area contributed by atoms with E-state index in [1.165, 1.54) is 0 Å². The molecule has 0 radical (unpaired) electrons. The van der Waals surface area contributed by atoms with Gasteiger partial charge in [0.2, 0.25) is 0 Å². The molecule has 0 aliphatic heterocycles. The van der Waals surface area contributed by atoms with Gasteiger partial charge < -0.3 is 24.7 Å². The predicted octanol–water partition coefficient (Wildman–Crippen LogP) is 0.891. The number of nitrogens with two attached hydrogens (primary N) is 1. The summed E-state index contributed by atoms with van der Waals surface area (Å²) in [6.07, 6.45) is 0.186. The highest BCUT2D eigenvalue weighted by Gasteiger charge is 2.03. The molecule has 5 heteroatoms. The van der Waals surface area contributed by atoms with E-state index < -0.39 is 6.23 Å². The van der Waals surface area contributed by atoms with Gasteiger partial charge in [0.1, 0.15) is 31.5 Å². The molecule has 18 heavy (non-hydrogen) atoms. The normalized spacial score (nSPS) is 12.1. The zero-order valence-electron chi connectivity index (χ0n) is 10.5. The number of benzene rings is 1. The van der Waals surface area contributed by atoms with Crippen molar-refractivity contribution < 1.29 is 19.0 Å². The van der Waals surface area contributed by atoms with Crippen molar-refractivity contribution >= 4 is 6.29 Å². The number of hydrogen-bond acceptors (Lipinski definition) is 5. The van der Waals surface area contributed by atoms with Crippen LogP contribution in [0.1, 0.15) is 5.56 Å². The number of carbonyl (C=O) groups excluding carboxylic acids is 1. The lowest BCUT2D eigenvalue weighted by Gasteiger charge is -2.14. The van der Waals surface area contributed by atoms with Crippen LogP contribution in [0.25, 0.3) is 0 Å². The fraction of sp³-hybridized carbons (Fsp3) is 0.462. The Labute approximate surface area is 107 Å². The van der Waals surface area contributed by atoms with Crippen LogP contribution in [0.4, 0.5) is 0 Å². The number of ether oxygens (including phenoxy) is 3. The van der Waals surface area contributed by atoms with E-state index in [1.54, 1.807) is 0 Å². The van der Waals surface area contributed by atoms with Gasteiger partial charge in [-0.05, 0) is 24.6 Å². The van der Waals surface area contributed by atoms with Crippen LogP contribution in [-0.4, -0.2) is 38.9 Å². The van der Waals surface area contributed by atoms with E-state index in [2.05, 4.69) is 0 Å². The Kier molecular flexibility index (Phi) is 7.01. The summed E-state index contributed by atoms with van der Waals surface area (Å²) in [6, 6.07) is 7.71. The minimum atomic E-state index is -0.509.